The molecule has 1 aliphatic heterocycles. The van der Waals surface area contributed by atoms with Crippen LogP contribution in [0.5, 0.6) is 0 Å². The number of carbonyl (C=O) groups is 2. The fourth-order valence-corrected chi connectivity index (χ4v) is 4.49. The standard InChI is InChI=1S/C13H14BrNO5S/c14-9-7-8(13(17)18)4-5-10(9)15-12(16)11-3-1-2-6-21(11,19)20/h4-5,7,11H,1-3,6H2,(H,15,16)(H,17,18). The summed E-state index contributed by atoms with van der Waals surface area (Å²) in [5.41, 5.74) is 0.427. The number of nitrogens with one attached hydrogen (secondary N) is 1. The van der Waals surface area contributed by atoms with Crippen molar-refractivity contribution in [3.05, 3.63) is 28.2 Å². The van der Waals surface area contributed by atoms with Crippen LogP contribution < -0.4 is 5.32 Å². The summed E-state index contributed by atoms with van der Waals surface area (Å²) >= 11 is 3.17. The molecule has 114 valence electrons. The molecule has 6 nitrogen and oxygen atoms in total. The second-order valence-corrected chi connectivity index (χ2v) is 8.00. The molecule has 1 atom stereocenters. The number of amides is 1. The van der Waals surface area contributed by atoms with Crippen LogP contribution in [0.3, 0.4) is 0 Å². The van der Waals surface area contributed by atoms with Gasteiger partial charge in [0.05, 0.1) is 17.0 Å². The van der Waals surface area contributed by atoms with Gasteiger partial charge in [0.15, 0.2) is 9.84 Å². The van der Waals surface area contributed by atoms with Crippen molar-refractivity contribution in [3.8, 4) is 0 Å². The summed E-state index contributed by atoms with van der Waals surface area (Å²) < 4.78 is 24.2. The summed E-state index contributed by atoms with van der Waals surface area (Å²) in [6.45, 7) is 0. The van der Waals surface area contributed by atoms with Gasteiger partial charge in [-0.2, -0.15) is 0 Å². The number of hydrogen-bond acceptors (Lipinski definition) is 4. The molecular formula is C13H14BrNO5S. The number of carboxylic acid groups (broad SMARTS) is 1. The van der Waals surface area contributed by atoms with Crippen molar-refractivity contribution in [2.24, 2.45) is 0 Å². The number of carbonyl (C=O) groups excluding carboxylic acids is 1. The van der Waals surface area contributed by atoms with Crippen LogP contribution in [0.1, 0.15) is 29.6 Å². The first-order chi connectivity index (χ1) is 9.81. The molecule has 0 spiro atoms. The van der Waals surface area contributed by atoms with Crippen LogP contribution in [0, 0.1) is 0 Å². The summed E-state index contributed by atoms with van der Waals surface area (Å²) in [6, 6.07) is 4.13. The molecule has 0 bridgehead atoms. The monoisotopic (exact) mass is 375 g/mol. The molecule has 1 aromatic rings. The van der Waals surface area contributed by atoms with Gasteiger partial charge in [-0.25, -0.2) is 13.2 Å². The number of hydrogen-bond donors (Lipinski definition) is 2. The Morgan fingerprint density at radius 2 is 2.00 bits per heavy atom. The zero-order valence-corrected chi connectivity index (χ0v) is 13.4. The third-order valence-electron chi connectivity index (χ3n) is 3.34. The van der Waals surface area contributed by atoms with E-state index in [4.69, 9.17) is 5.11 Å². The first-order valence-electron chi connectivity index (χ1n) is 6.36. The molecule has 0 saturated carbocycles. The van der Waals surface area contributed by atoms with Gasteiger partial charge in [-0.3, -0.25) is 4.79 Å². The highest BCUT2D eigenvalue weighted by atomic mass is 79.9. The van der Waals surface area contributed by atoms with E-state index in [0.717, 1.165) is 0 Å². The van der Waals surface area contributed by atoms with E-state index in [1.54, 1.807) is 0 Å². The molecule has 1 aromatic carbocycles. The van der Waals surface area contributed by atoms with Gasteiger partial charge in [0.1, 0.15) is 5.25 Å². The molecule has 2 rings (SSSR count). The number of halogens is 1. The number of sulfone groups is 1. The van der Waals surface area contributed by atoms with Crippen molar-refractivity contribution in [1.29, 1.82) is 0 Å². The van der Waals surface area contributed by atoms with Gasteiger partial charge < -0.3 is 10.4 Å². The van der Waals surface area contributed by atoms with Crippen molar-refractivity contribution < 1.29 is 23.1 Å². The second-order valence-electron chi connectivity index (χ2n) is 4.84. The van der Waals surface area contributed by atoms with Crippen LogP contribution in [0.15, 0.2) is 22.7 Å². The molecular weight excluding hydrogens is 362 g/mol. The zero-order chi connectivity index (χ0) is 15.6. The van der Waals surface area contributed by atoms with Crippen LogP contribution in [-0.2, 0) is 14.6 Å². The normalized spacial score (nSPS) is 20.7. The van der Waals surface area contributed by atoms with E-state index in [-0.39, 0.29) is 11.3 Å². The molecule has 1 heterocycles. The van der Waals surface area contributed by atoms with Gasteiger partial charge in [0, 0.05) is 4.47 Å². The van der Waals surface area contributed by atoms with E-state index >= 15 is 0 Å². The SMILES string of the molecule is O=C(O)c1ccc(NC(=O)C2CCCCS2(=O)=O)c(Br)c1. The molecule has 1 saturated heterocycles. The largest absolute Gasteiger partial charge is 0.478 e. The first kappa shape index (κ1) is 16.0. The molecule has 2 N–H and O–H groups in total. The topological polar surface area (TPSA) is 101 Å². The molecule has 0 radical (unpaired) electrons. The smallest absolute Gasteiger partial charge is 0.335 e. The lowest BCUT2D eigenvalue weighted by Gasteiger charge is -2.21. The van der Waals surface area contributed by atoms with Gasteiger partial charge in [-0.05, 0) is 47.0 Å². The predicted octanol–water partition coefficient (Wildman–Crippen LogP) is 2.05. The third-order valence-corrected chi connectivity index (χ3v) is 6.18. The average molecular weight is 376 g/mol. The molecule has 21 heavy (non-hydrogen) atoms. The molecule has 1 fully saturated rings. The van der Waals surface area contributed by atoms with Crippen LogP contribution in [0.25, 0.3) is 0 Å². The molecule has 8 heteroatoms. The molecule has 0 aliphatic carbocycles. The van der Waals surface area contributed by atoms with Gasteiger partial charge >= 0.3 is 5.97 Å². The Hall–Kier alpha value is -1.41. The van der Waals surface area contributed by atoms with Crippen LogP contribution in [0.2, 0.25) is 0 Å². The van der Waals surface area contributed by atoms with Crippen LogP contribution in [-0.4, -0.2) is 36.4 Å². The lowest BCUT2D eigenvalue weighted by Crippen LogP contribution is -2.39. The first-order valence-corrected chi connectivity index (χ1v) is 8.87. The van der Waals surface area contributed by atoms with Gasteiger partial charge in [-0.1, -0.05) is 6.42 Å². The summed E-state index contributed by atoms with van der Waals surface area (Å²) in [6.07, 6.45) is 1.61. The fraction of sp³-hybridized carbons (Fsp3) is 0.385. The average Bonchev–Trinajstić information content (AvgIpc) is 2.40. The lowest BCUT2D eigenvalue weighted by molar-refractivity contribution is -0.116. The fourth-order valence-electron chi connectivity index (χ4n) is 2.21. The Bertz CT molecular complexity index is 686. The third kappa shape index (κ3) is 3.62. The van der Waals surface area contributed by atoms with E-state index in [2.05, 4.69) is 21.2 Å². The highest BCUT2D eigenvalue weighted by Gasteiger charge is 2.35. The van der Waals surface area contributed by atoms with E-state index in [1.807, 2.05) is 0 Å². The number of anilines is 1. The minimum absolute atomic E-state index is 0.0320. The van der Waals surface area contributed by atoms with E-state index in [1.165, 1.54) is 18.2 Å². The quantitative estimate of drug-likeness (QED) is 0.841. The second kappa shape index (κ2) is 6.15. The summed E-state index contributed by atoms with van der Waals surface area (Å²) in [5, 5.41) is 10.4. The molecule has 0 aromatic heterocycles. The summed E-state index contributed by atoms with van der Waals surface area (Å²) in [4.78, 5) is 23.0. The Kier molecular flexibility index (Phi) is 4.67. The van der Waals surface area contributed by atoms with Crippen LogP contribution >= 0.6 is 15.9 Å². The highest BCUT2D eigenvalue weighted by Crippen LogP contribution is 2.26. The van der Waals surface area contributed by atoms with Crippen molar-refractivity contribution in [2.45, 2.75) is 24.5 Å². The van der Waals surface area contributed by atoms with Gasteiger partial charge in [-0.15, -0.1) is 0 Å². The molecule has 1 amide bonds. The van der Waals surface area contributed by atoms with Crippen molar-refractivity contribution in [1.82, 2.24) is 0 Å². The Balaban J connectivity index is 2.18. The van der Waals surface area contributed by atoms with E-state index in [0.29, 0.717) is 29.4 Å². The maximum absolute atomic E-state index is 12.1. The summed E-state index contributed by atoms with van der Waals surface area (Å²) in [5.74, 6) is -1.62. The molecule has 1 unspecified atom stereocenters. The minimum Gasteiger partial charge on any atom is -0.478 e. The van der Waals surface area contributed by atoms with Gasteiger partial charge in [0.25, 0.3) is 0 Å². The Labute approximate surface area is 130 Å². The number of carboxylic acids is 1. The van der Waals surface area contributed by atoms with E-state index in [9.17, 15) is 18.0 Å². The van der Waals surface area contributed by atoms with Crippen molar-refractivity contribution in [3.63, 3.8) is 0 Å². The minimum atomic E-state index is -3.40. The molecule has 1 aliphatic rings. The summed E-state index contributed by atoms with van der Waals surface area (Å²) in [7, 11) is -3.40. The highest BCUT2D eigenvalue weighted by molar-refractivity contribution is 9.10. The van der Waals surface area contributed by atoms with E-state index < -0.39 is 27.0 Å². The number of aromatic carboxylic acids is 1. The Morgan fingerprint density at radius 3 is 2.57 bits per heavy atom. The lowest BCUT2D eigenvalue weighted by atomic mass is 10.1. The van der Waals surface area contributed by atoms with Crippen LogP contribution in [0.4, 0.5) is 5.69 Å². The van der Waals surface area contributed by atoms with Crippen molar-refractivity contribution >= 4 is 43.3 Å². The van der Waals surface area contributed by atoms with Crippen molar-refractivity contribution in [2.75, 3.05) is 11.1 Å². The van der Waals surface area contributed by atoms with Gasteiger partial charge in [0.2, 0.25) is 5.91 Å². The number of rotatable bonds is 3. The predicted molar refractivity (Wildman–Crippen MR) is 81.2 cm³/mol. The maximum atomic E-state index is 12.1. The maximum Gasteiger partial charge on any atom is 0.335 e. The number of benzene rings is 1. The zero-order valence-electron chi connectivity index (χ0n) is 11.0. The Morgan fingerprint density at radius 1 is 1.29 bits per heavy atom.